The van der Waals surface area contributed by atoms with Gasteiger partial charge in [0.15, 0.2) is 0 Å². The van der Waals surface area contributed by atoms with Crippen LogP contribution in [-0.2, 0) is 4.79 Å². The lowest BCUT2D eigenvalue weighted by atomic mass is 9.87. The summed E-state index contributed by atoms with van der Waals surface area (Å²) in [6, 6.07) is 7.87. The summed E-state index contributed by atoms with van der Waals surface area (Å²) in [5.41, 5.74) is 7.27. The zero-order chi connectivity index (χ0) is 15.3. The number of benzene rings is 1. The van der Waals surface area contributed by atoms with Gasteiger partial charge in [0, 0.05) is 16.9 Å². The maximum absolute atomic E-state index is 12.0. The summed E-state index contributed by atoms with van der Waals surface area (Å²) in [6.07, 6.45) is 1.21. The van der Waals surface area contributed by atoms with E-state index in [9.17, 15) is 4.79 Å². The normalized spacial score (nSPS) is 14.7. The second kappa shape index (κ2) is 7.23. The van der Waals surface area contributed by atoms with E-state index in [0.717, 1.165) is 16.5 Å². The number of amides is 1. The molecule has 0 fully saturated rings. The van der Waals surface area contributed by atoms with Crippen molar-refractivity contribution >= 4 is 21.8 Å². The van der Waals surface area contributed by atoms with Crippen molar-refractivity contribution in [1.29, 1.82) is 0 Å². The Morgan fingerprint density at radius 2 is 1.85 bits per heavy atom. The maximum atomic E-state index is 12.0. The molecule has 0 spiro atoms. The molecule has 4 heteroatoms. The van der Waals surface area contributed by atoms with Crippen molar-refractivity contribution in [1.82, 2.24) is 5.32 Å². The summed E-state index contributed by atoms with van der Waals surface area (Å²) >= 11 is 3.40. The van der Waals surface area contributed by atoms with Gasteiger partial charge in [-0.1, -0.05) is 48.8 Å². The predicted octanol–water partition coefficient (Wildman–Crippen LogP) is 3.78. The average molecular weight is 341 g/mol. The highest BCUT2D eigenvalue weighted by Gasteiger charge is 2.19. The Morgan fingerprint density at radius 3 is 2.35 bits per heavy atom. The summed E-state index contributed by atoms with van der Waals surface area (Å²) in [7, 11) is 0. The third kappa shape index (κ3) is 6.53. The molecule has 0 heterocycles. The standard InChI is InChI=1S/C16H25BrN2O/c1-11(12-5-7-13(17)8-6-12)19-15(20)9-14(18)10-16(2,3)4/h5-8,11,14H,9-10,18H2,1-4H3,(H,19,20). The summed E-state index contributed by atoms with van der Waals surface area (Å²) in [4.78, 5) is 12.0. The van der Waals surface area contributed by atoms with Crippen LogP contribution in [0, 0.1) is 5.41 Å². The van der Waals surface area contributed by atoms with Crippen LogP contribution in [0.3, 0.4) is 0 Å². The van der Waals surface area contributed by atoms with E-state index >= 15 is 0 Å². The molecule has 0 aliphatic carbocycles. The van der Waals surface area contributed by atoms with Crippen LogP contribution in [-0.4, -0.2) is 11.9 Å². The number of carbonyl (C=O) groups is 1. The lowest BCUT2D eigenvalue weighted by Gasteiger charge is -2.23. The van der Waals surface area contributed by atoms with E-state index < -0.39 is 0 Å². The molecule has 1 amide bonds. The SMILES string of the molecule is CC(NC(=O)CC(N)CC(C)(C)C)c1ccc(Br)cc1. The second-order valence-electron chi connectivity index (χ2n) is 6.57. The Morgan fingerprint density at radius 1 is 1.30 bits per heavy atom. The molecule has 3 N–H and O–H groups in total. The van der Waals surface area contributed by atoms with Crippen molar-refractivity contribution < 1.29 is 4.79 Å². The van der Waals surface area contributed by atoms with Gasteiger partial charge in [0.2, 0.25) is 5.91 Å². The Balaban J connectivity index is 2.47. The second-order valence-corrected chi connectivity index (χ2v) is 7.49. The van der Waals surface area contributed by atoms with Gasteiger partial charge in [0.05, 0.1) is 6.04 Å². The molecule has 0 aromatic heterocycles. The monoisotopic (exact) mass is 340 g/mol. The number of hydrogen-bond acceptors (Lipinski definition) is 2. The molecule has 0 radical (unpaired) electrons. The first-order valence-electron chi connectivity index (χ1n) is 6.98. The van der Waals surface area contributed by atoms with Gasteiger partial charge in [-0.3, -0.25) is 4.79 Å². The fourth-order valence-corrected chi connectivity index (χ4v) is 2.50. The minimum absolute atomic E-state index is 0.00237. The first kappa shape index (κ1) is 17.2. The maximum Gasteiger partial charge on any atom is 0.222 e. The van der Waals surface area contributed by atoms with Crippen molar-refractivity contribution in [3.63, 3.8) is 0 Å². The summed E-state index contributed by atoms with van der Waals surface area (Å²) in [5, 5.41) is 3.00. The van der Waals surface area contributed by atoms with Crippen LogP contribution in [0.1, 0.15) is 52.1 Å². The van der Waals surface area contributed by atoms with Gasteiger partial charge >= 0.3 is 0 Å². The van der Waals surface area contributed by atoms with Crippen molar-refractivity contribution in [2.24, 2.45) is 11.1 Å². The molecule has 0 bridgehead atoms. The van der Waals surface area contributed by atoms with Crippen molar-refractivity contribution in [3.05, 3.63) is 34.3 Å². The van der Waals surface area contributed by atoms with Gasteiger partial charge < -0.3 is 11.1 Å². The van der Waals surface area contributed by atoms with Crippen LogP contribution >= 0.6 is 15.9 Å². The highest BCUT2D eigenvalue weighted by atomic mass is 79.9. The molecule has 0 aliphatic rings. The lowest BCUT2D eigenvalue weighted by Crippen LogP contribution is -2.35. The van der Waals surface area contributed by atoms with Crippen LogP contribution in [0.5, 0.6) is 0 Å². The van der Waals surface area contributed by atoms with E-state index in [1.165, 1.54) is 0 Å². The number of carbonyl (C=O) groups excluding carboxylic acids is 1. The highest BCUT2D eigenvalue weighted by molar-refractivity contribution is 9.10. The van der Waals surface area contributed by atoms with Gasteiger partial charge in [0.1, 0.15) is 0 Å². The van der Waals surface area contributed by atoms with Gasteiger partial charge in [-0.05, 0) is 36.5 Å². The average Bonchev–Trinajstić information content (AvgIpc) is 2.26. The van der Waals surface area contributed by atoms with Gasteiger partial charge in [-0.15, -0.1) is 0 Å². The van der Waals surface area contributed by atoms with Crippen molar-refractivity contribution in [3.8, 4) is 0 Å². The zero-order valence-electron chi connectivity index (χ0n) is 12.7. The van der Waals surface area contributed by atoms with E-state index in [1.54, 1.807) is 0 Å². The number of halogens is 1. The number of nitrogens with one attached hydrogen (secondary N) is 1. The number of rotatable bonds is 5. The quantitative estimate of drug-likeness (QED) is 0.856. The Labute approximate surface area is 130 Å². The molecular weight excluding hydrogens is 316 g/mol. The first-order valence-corrected chi connectivity index (χ1v) is 7.77. The zero-order valence-corrected chi connectivity index (χ0v) is 14.3. The molecule has 2 atom stereocenters. The minimum Gasteiger partial charge on any atom is -0.350 e. The topological polar surface area (TPSA) is 55.1 Å². The molecule has 112 valence electrons. The van der Waals surface area contributed by atoms with Crippen LogP contribution < -0.4 is 11.1 Å². The lowest BCUT2D eigenvalue weighted by molar-refractivity contribution is -0.122. The smallest absolute Gasteiger partial charge is 0.222 e. The third-order valence-corrected chi connectivity index (χ3v) is 3.60. The number of hydrogen-bond donors (Lipinski definition) is 2. The van der Waals surface area contributed by atoms with E-state index in [-0.39, 0.29) is 23.4 Å². The highest BCUT2D eigenvalue weighted by Crippen LogP contribution is 2.21. The Kier molecular flexibility index (Phi) is 6.21. The fraction of sp³-hybridized carbons (Fsp3) is 0.562. The van der Waals surface area contributed by atoms with Crippen molar-refractivity contribution in [2.45, 2.75) is 52.6 Å². The molecule has 3 nitrogen and oxygen atoms in total. The van der Waals surface area contributed by atoms with E-state index in [0.29, 0.717) is 6.42 Å². The van der Waals surface area contributed by atoms with Crippen molar-refractivity contribution in [2.75, 3.05) is 0 Å². The van der Waals surface area contributed by atoms with E-state index in [1.807, 2.05) is 31.2 Å². The molecule has 2 unspecified atom stereocenters. The van der Waals surface area contributed by atoms with Crippen LogP contribution in [0.4, 0.5) is 0 Å². The molecule has 1 aromatic rings. The van der Waals surface area contributed by atoms with Gasteiger partial charge in [-0.2, -0.15) is 0 Å². The predicted molar refractivity (Wildman–Crippen MR) is 87.4 cm³/mol. The molecular formula is C16H25BrN2O. The third-order valence-electron chi connectivity index (χ3n) is 3.07. The summed E-state index contributed by atoms with van der Waals surface area (Å²) in [6.45, 7) is 8.38. The van der Waals surface area contributed by atoms with Gasteiger partial charge in [0.25, 0.3) is 0 Å². The molecule has 0 saturated heterocycles. The van der Waals surface area contributed by atoms with Crippen LogP contribution in [0.15, 0.2) is 28.7 Å². The Hall–Kier alpha value is -0.870. The van der Waals surface area contributed by atoms with E-state index in [4.69, 9.17) is 5.73 Å². The van der Waals surface area contributed by atoms with Crippen LogP contribution in [0.25, 0.3) is 0 Å². The van der Waals surface area contributed by atoms with Gasteiger partial charge in [-0.25, -0.2) is 0 Å². The molecule has 1 rings (SSSR count). The largest absolute Gasteiger partial charge is 0.350 e. The fourth-order valence-electron chi connectivity index (χ4n) is 2.23. The molecule has 20 heavy (non-hydrogen) atoms. The Bertz CT molecular complexity index is 437. The summed E-state index contributed by atoms with van der Waals surface area (Å²) in [5.74, 6) is 0.0113. The first-order chi connectivity index (χ1) is 9.17. The molecule has 0 aliphatic heterocycles. The molecule has 1 aromatic carbocycles. The van der Waals surface area contributed by atoms with Crippen LogP contribution in [0.2, 0.25) is 0 Å². The number of nitrogens with two attached hydrogens (primary N) is 1. The minimum atomic E-state index is -0.0906. The summed E-state index contributed by atoms with van der Waals surface area (Å²) < 4.78 is 1.03. The molecule has 0 saturated carbocycles. The van der Waals surface area contributed by atoms with E-state index in [2.05, 4.69) is 42.0 Å².